The number of amides is 2. The topological polar surface area (TPSA) is 86.9 Å². The van der Waals surface area contributed by atoms with E-state index in [1.165, 1.54) is 11.3 Å². The molecule has 128 valence electrons. The van der Waals surface area contributed by atoms with E-state index in [-0.39, 0.29) is 11.8 Å². The van der Waals surface area contributed by atoms with E-state index in [0.717, 1.165) is 5.69 Å². The van der Waals surface area contributed by atoms with E-state index in [1.54, 1.807) is 30.3 Å². The summed E-state index contributed by atoms with van der Waals surface area (Å²) in [4.78, 5) is 25.9. The SMILES string of the molecule is O=C(Nc1[nH]nc2sc(C(=O)Nc3ccccc3)cc12)c1ccccc1. The number of nitrogens with zero attached hydrogens (tertiary/aromatic N) is 1. The van der Waals surface area contributed by atoms with Crippen LogP contribution in [0, 0.1) is 0 Å². The molecule has 0 atom stereocenters. The lowest BCUT2D eigenvalue weighted by Crippen LogP contribution is -2.12. The molecule has 7 heteroatoms. The minimum Gasteiger partial charge on any atom is -0.321 e. The molecule has 0 aliphatic rings. The first-order chi connectivity index (χ1) is 12.7. The summed E-state index contributed by atoms with van der Waals surface area (Å²) in [6.45, 7) is 0. The molecule has 0 bridgehead atoms. The van der Waals surface area contributed by atoms with Crippen LogP contribution in [0.1, 0.15) is 20.0 Å². The molecule has 0 radical (unpaired) electrons. The fourth-order valence-corrected chi connectivity index (χ4v) is 3.40. The molecule has 0 saturated heterocycles. The van der Waals surface area contributed by atoms with Gasteiger partial charge in [-0.25, -0.2) is 0 Å². The molecule has 2 aromatic carbocycles. The quantitative estimate of drug-likeness (QED) is 0.510. The highest BCUT2D eigenvalue weighted by Crippen LogP contribution is 2.30. The third-order valence-corrected chi connectivity index (χ3v) is 4.81. The molecule has 3 N–H and O–H groups in total. The van der Waals surface area contributed by atoms with Crippen LogP contribution in [0.3, 0.4) is 0 Å². The molecule has 0 aliphatic carbocycles. The third-order valence-electron chi connectivity index (χ3n) is 3.78. The van der Waals surface area contributed by atoms with Crippen molar-refractivity contribution in [1.29, 1.82) is 0 Å². The van der Waals surface area contributed by atoms with Crippen molar-refractivity contribution in [3.63, 3.8) is 0 Å². The second-order valence-electron chi connectivity index (χ2n) is 5.57. The standard InChI is InChI=1S/C19H14N4O2S/c24-17(12-7-3-1-4-8-12)21-16-14-11-15(26-19(14)23-22-16)18(25)20-13-9-5-2-6-10-13/h1-11H,(H,20,25)(H2,21,22,23,24). The van der Waals surface area contributed by atoms with Crippen LogP contribution in [0.5, 0.6) is 0 Å². The molecule has 2 aromatic heterocycles. The molecule has 0 unspecified atom stereocenters. The highest BCUT2D eigenvalue weighted by atomic mass is 32.1. The third kappa shape index (κ3) is 3.20. The number of hydrogen-bond acceptors (Lipinski definition) is 4. The maximum atomic E-state index is 12.4. The highest BCUT2D eigenvalue weighted by molar-refractivity contribution is 7.20. The number of nitrogens with one attached hydrogen (secondary N) is 3. The van der Waals surface area contributed by atoms with Crippen LogP contribution in [-0.2, 0) is 0 Å². The van der Waals surface area contributed by atoms with Gasteiger partial charge in [-0.2, -0.15) is 5.10 Å². The van der Waals surface area contributed by atoms with Crippen molar-refractivity contribution >= 4 is 44.9 Å². The Morgan fingerprint density at radius 2 is 1.58 bits per heavy atom. The van der Waals surface area contributed by atoms with Crippen molar-refractivity contribution in [2.45, 2.75) is 0 Å². The first-order valence-corrected chi connectivity index (χ1v) is 8.73. The number of anilines is 2. The van der Waals surface area contributed by atoms with Crippen molar-refractivity contribution in [3.05, 3.63) is 77.2 Å². The number of fused-ring (bicyclic) bond motifs is 1. The van der Waals surface area contributed by atoms with E-state index < -0.39 is 0 Å². The minimum atomic E-state index is -0.238. The summed E-state index contributed by atoms with van der Waals surface area (Å²) in [6, 6.07) is 19.9. The van der Waals surface area contributed by atoms with Crippen LogP contribution >= 0.6 is 11.3 Å². The van der Waals surface area contributed by atoms with Gasteiger partial charge in [0.2, 0.25) is 0 Å². The Balaban J connectivity index is 1.55. The molecule has 0 spiro atoms. The lowest BCUT2D eigenvalue weighted by atomic mass is 10.2. The molecule has 0 aliphatic heterocycles. The van der Waals surface area contributed by atoms with Gasteiger partial charge in [0.25, 0.3) is 11.8 Å². The van der Waals surface area contributed by atoms with Gasteiger partial charge in [0.15, 0.2) is 0 Å². The molecular weight excluding hydrogens is 348 g/mol. The number of H-pyrrole nitrogens is 1. The summed E-state index contributed by atoms with van der Waals surface area (Å²) >= 11 is 1.26. The first kappa shape index (κ1) is 16.0. The van der Waals surface area contributed by atoms with Crippen molar-refractivity contribution in [3.8, 4) is 0 Å². The molecule has 4 aromatic rings. The Morgan fingerprint density at radius 1 is 0.885 bits per heavy atom. The van der Waals surface area contributed by atoms with Crippen molar-refractivity contribution in [1.82, 2.24) is 10.2 Å². The molecule has 4 rings (SSSR count). The van der Waals surface area contributed by atoms with E-state index >= 15 is 0 Å². The van der Waals surface area contributed by atoms with Crippen LogP contribution in [0.4, 0.5) is 11.5 Å². The number of aromatic nitrogens is 2. The number of aromatic amines is 1. The van der Waals surface area contributed by atoms with Gasteiger partial charge in [0.05, 0.1) is 10.3 Å². The number of rotatable bonds is 4. The Bertz CT molecular complexity index is 1070. The summed E-state index contributed by atoms with van der Waals surface area (Å²) in [5.41, 5.74) is 1.27. The summed E-state index contributed by atoms with van der Waals surface area (Å²) < 4.78 is 0. The number of para-hydroxylation sites is 1. The Hall–Kier alpha value is -3.45. The predicted octanol–water partition coefficient (Wildman–Crippen LogP) is 4.13. The Labute approximate surface area is 152 Å². The van der Waals surface area contributed by atoms with E-state index in [4.69, 9.17) is 0 Å². The second kappa shape index (κ2) is 6.81. The number of benzene rings is 2. The van der Waals surface area contributed by atoms with Gasteiger partial charge < -0.3 is 10.6 Å². The lowest BCUT2D eigenvalue weighted by Gasteiger charge is -2.03. The van der Waals surface area contributed by atoms with Gasteiger partial charge in [-0.3, -0.25) is 14.7 Å². The fraction of sp³-hybridized carbons (Fsp3) is 0. The van der Waals surface area contributed by atoms with E-state index in [1.807, 2.05) is 36.4 Å². The number of carbonyl (C=O) groups is 2. The molecule has 6 nitrogen and oxygen atoms in total. The van der Waals surface area contributed by atoms with Crippen LogP contribution < -0.4 is 10.6 Å². The lowest BCUT2D eigenvalue weighted by molar-refractivity contribution is 0.102. The summed E-state index contributed by atoms with van der Waals surface area (Å²) in [7, 11) is 0. The van der Waals surface area contributed by atoms with Gasteiger partial charge in [-0.1, -0.05) is 36.4 Å². The van der Waals surface area contributed by atoms with E-state index in [9.17, 15) is 9.59 Å². The maximum Gasteiger partial charge on any atom is 0.265 e. The highest BCUT2D eigenvalue weighted by Gasteiger charge is 2.17. The van der Waals surface area contributed by atoms with Crippen LogP contribution in [0.15, 0.2) is 66.7 Å². The maximum absolute atomic E-state index is 12.4. The average Bonchev–Trinajstić information content (AvgIpc) is 3.25. The summed E-state index contributed by atoms with van der Waals surface area (Å²) in [6.07, 6.45) is 0. The van der Waals surface area contributed by atoms with Gasteiger partial charge in [0, 0.05) is 11.3 Å². The van der Waals surface area contributed by atoms with Crippen LogP contribution in [0.2, 0.25) is 0 Å². The number of carbonyl (C=O) groups excluding carboxylic acids is 2. The fourth-order valence-electron chi connectivity index (χ4n) is 2.51. The Morgan fingerprint density at radius 3 is 2.31 bits per heavy atom. The van der Waals surface area contributed by atoms with Crippen LogP contribution in [-0.4, -0.2) is 22.0 Å². The molecule has 0 saturated carbocycles. The van der Waals surface area contributed by atoms with Crippen molar-refractivity contribution in [2.75, 3.05) is 10.6 Å². The normalized spacial score (nSPS) is 10.6. The number of thiophene rings is 1. The van der Waals surface area contributed by atoms with Gasteiger partial charge >= 0.3 is 0 Å². The smallest absolute Gasteiger partial charge is 0.265 e. The zero-order valence-electron chi connectivity index (χ0n) is 13.5. The largest absolute Gasteiger partial charge is 0.321 e. The van der Waals surface area contributed by atoms with Gasteiger partial charge in [-0.05, 0) is 30.3 Å². The van der Waals surface area contributed by atoms with E-state index in [0.29, 0.717) is 26.5 Å². The monoisotopic (exact) mass is 362 g/mol. The Kier molecular flexibility index (Phi) is 4.20. The second-order valence-corrected chi connectivity index (χ2v) is 6.60. The van der Waals surface area contributed by atoms with Gasteiger partial charge in [0.1, 0.15) is 10.6 Å². The zero-order chi connectivity index (χ0) is 17.9. The molecule has 0 fully saturated rings. The predicted molar refractivity (Wildman–Crippen MR) is 103 cm³/mol. The zero-order valence-corrected chi connectivity index (χ0v) is 14.3. The van der Waals surface area contributed by atoms with Crippen molar-refractivity contribution < 1.29 is 9.59 Å². The van der Waals surface area contributed by atoms with Crippen LogP contribution in [0.25, 0.3) is 10.2 Å². The minimum absolute atomic E-state index is 0.209. The van der Waals surface area contributed by atoms with E-state index in [2.05, 4.69) is 20.8 Å². The average molecular weight is 362 g/mol. The summed E-state index contributed by atoms with van der Waals surface area (Å²) in [5, 5.41) is 13.3. The molecule has 2 heterocycles. The van der Waals surface area contributed by atoms with Crippen molar-refractivity contribution in [2.24, 2.45) is 0 Å². The molecule has 26 heavy (non-hydrogen) atoms. The molecular formula is C19H14N4O2S. The first-order valence-electron chi connectivity index (χ1n) is 7.91. The van der Waals surface area contributed by atoms with Gasteiger partial charge in [-0.15, -0.1) is 11.3 Å². The molecule has 2 amide bonds. The summed E-state index contributed by atoms with van der Waals surface area (Å²) in [5.74, 6) is 0.0287. The number of hydrogen-bond donors (Lipinski definition) is 3.